The molecule has 1 N–H and O–H groups in total. The zero-order valence-electron chi connectivity index (χ0n) is 13.4. The highest BCUT2D eigenvalue weighted by Gasteiger charge is 2.30. The molecule has 26 heavy (non-hydrogen) atoms. The number of amides is 2. The minimum Gasteiger partial charge on any atom is -0.325 e. The van der Waals surface area contributed by atoms with Crippen LogP contribution >= 0.6 is 0 Å². The first kappa shape index (κ1) is 19.4. The van der Waals surface area contributed by atoms with Crippen LogP contribution in [0.15, 0.2) is 42.5 Å². The van der Waals surface area contributed by atoms with Crippen molar-refractivity contribution in [1.82, 2.24) is 0 Å². The molecule has 9 heteroatoms. The number of alkyl halides is 3. The third-order valence-electron chi connectivity index (χ3n) is 3.39. The van der Waals surface area contributed by atoms with Crippen LogP contribution in [0.1, 0.15) is 12.5 Å². The Balaban J connectivity index is 2.10. The molecule has 0 aliphatic heterocycles. The number of nitrogens with zero attached hydrogens (tertiary/aromatic N) is 1. The number of hydrogen-bond donors (Lipinski definition) is 1. The van der Waals surface area contributed by atoms with E-state index < -0.39 is 41.7 Å². The summed E-state index contributed by atoms with van der Waals surface area (Å²) in [4.78, 5) is 24.6. The lowest BCUT2D eigenvalue weighted by Crippen LogP contribution is -2.36. The summed E-state index contributed by atoms with van der Waals surface area (Å²) < 4.78 is 63.8. The fraction of sp³-hybridized carbons (Fsp3) is 0.176. The summed E-state index contributed by atoms with van der Waals surface area (Å²) in [5.74, 6) is -3.60. The Kier molecular flexibility index (Phi) is 5.59. The second kappa shape index (κ2) is 7.51. The minimum atomic E-state index is -4.50. The van der Waals surface area contributed by atoms with Crippen LogP contribution in [0.4, 0.5) is 33.3 Å². The van der Waals surface area contributed by atoms with Gasteiger partial charge in [-0.15, -0.1) is 0 Å². The Hall–Kier alpha value is -2.97. The van der Waals surface area contributed by atoms with Crippen molar-refractivity contribution in [3.63, 3.8) is 0 Å². The molecule has 0 aliphatic carbocycles. The average Bonchev–Trinajstić information content (AvgIpc) is 2.55. The van der Waals surface area contributed by atoms with Gasteiger partial charge in [0.15, 0.2) is 11.6 Å². The molecule has 138 valence electrons. The molecule has 0 aliphatic rings. The summed E-state index contributed by atoms with van der Waals surface area (Å²) in [7, 11) is 0. The molecule has 0 aromatic heterocycles. The summed E-state index contributed by atoms with van der Waals surface area (Å²) in [5.41, 5.74) is -0.807. The molecule has 0 atom stereocenters. The summed E-state index contributed by atoms with van der Waals surface area (Å²) in [6.45, 7) is 0.605. The van der Waals surface area contributed by atoms with Crippen LogP contribution in [0.5, 0.6) is 0 Å². The van der Waals surface area contributed by atoms with Crippen LogP contribution < -0.4 is 10.2 Å². The van der Waals surface area contributed by atoms with Crippen molar-refractivity contribution in [2.24, 2.45) is 0 Å². The molecular formula is C17H13F5N2O2. The Labute approximate surface area is 145 Å². The van der Waals surface area contributed by atoms with Crippen LogP contribution in [-0.4, -0.2) is 18.4 Å². The number of anilines is 2. The first-order valence-electron chi connectivity index (χ1n) is 7.28. The molecule has 2 rings (SSSR count). The smallest absolute Gasteiger partial charge is 0.325 e. The van der Waals surface area contributed by atoms with Gasteiger partial charge in [-0.3, -0.25) is 9.59 Å². The van der Waals surface area contributed by atoms with E-state index in [-0.39, 0.29) is 11.4 Å². The molecule has 0 bridgehead atoms. The van der Waals surface area contributed by atoms with E-state index in [0.717, 1.165) is 54.3 Å². The van der Waals surface area contributed by atoms with E-state index in [0.29, 0.717) is 0 Å². The van der Waals surface area contributed by atoms with E-state index >= 15 is 0 Å². The molecule has 0 unspecified atom stereocenters. The van der Waals surface area contributed by atoms with Gasteiger partial charge in [0.05, 0.1) is 5.56 Å². The molecule has 2 aromatic carbocycles. The molecule has 0 saturated heterocycles. The Morgan fingerprint density at radius 3 is 2.12 bits per heavy atom. The molecule has 2 aromatic rings. The van der Waals surface area contributed by atoms with Gasteiger partial charge in [0, 0.05) is 24.4 Å². The Morgan fingerprint density at radius 2 is 1.62 bits per heavy atom. The van der Waals surface area contributed by atoms with Crippen LogP contribution in [0, 0.1) is 11.6 Å². The van der Waals surface area contributed by atoms with Gasteiger partial charge >= 0.3 is 6.18 Å². The summed E-state index contributed by atoms with van der Waals surface area (Å²) in [6.07, 6.45) is -4.50. The third kappa shape index (κ3) is 4.78. The number of benzene rings is 2. The van der Waals surface area contributed by atoms with Crippen LogP contribution in [0.3, 0.4) is 0 Å². The number of rotatable bonds is 4. The summed E-state index contributed by atoms with van der Waals surface area (Å²) in [6, 6.07) is 6.44. The molecule has 0 radical (unpaired) electrons. The highest BCUT2D eigenvalue weighted by atomic mass is 19.4. The first-order valence-corrected chi connectivity index (χ1v) is 7.28. The molecule has 0 fully saturated rings. The van der Waals surface area contributed by atoms with Crippen LogP contribution in [0.2, 0.25) is 0 Å². The lowest BCUT2D eigenvalue weighted by atomic mass is 10.2. The van der Waals surface area contributed by atoms with Gasteiger partial charge in [-0.1, -0.05) is 0 Å². The van der Waals surface area contributed by atoms with Crippen molar-refractivity contribution in [3.8, 4) is 0 Å². The lowest BCUT2D eigenvalue weighted by molar-refractivity contribution is -0.137. The van der Waals surface area contributed by atoms with Gasteiger partial charge in [-0.05, 0) is 36.4 Å². The second-order valence-corrected chi connectivity index (χ2v) is 5.33. The van der Waals surface area contributed by atoms with E-state index in [9.17, 15) is 31.5 Å². The highest BCUT2D eigenvalue weighted by molar-refractivity contribution is 6.01. The number of halogens is 5. The van der Waals surface area contributed by atoms with E-state index in [1.165, 1.54) is 0 Å². The molecule has 4 nitrogen and oxygen atoms in total. The van der Waals surface area contributed by atoms with Crippen molar-refractivity contribution in [3.05, 3.63) is 59.7 Å². The fourth-order valence-electron chi connectivity index (χ4n) is 2.12. The van der Waals surface area contributed by atoms with Gasteiger partial charge in [0.2, 0.25) is 11.8 Å². The van der Waals surface area contributed by atoms with E-state index in [2.05, 4.69) is 5.32 Å². The predicted octanol–water partition coefficient (Wildman–Crippen LogP) is 3.98. The van der Waals surface area contributed by atoms with Gasteiger partial charge < -0.3 is 10.2 Å². The maximum atomic E-state index is 13.3. The topological polar surface area (TPSA) is 49.4 Å². The largest absolute Gasteiger partial charge is 0.416 e. The van der Waals surface area contributed by atoms with Gasteiger partial charge in [0.25, 0.3) is 0 Å². The van der Waals surface area contributed by atoms with Crippen LogP contribution in [0.25, 0.3) is 0 Å². The van der Waals surface area contributed by atoms with Crippen LogP contribution in [-0.2, 0) is 15.8 Å². The Morgan fingerprint density at radius 1 is 1.00 bits per heavy atom. The number of carbonyl (C=O) groups is 2. The fourth-order valence-corrected chi connectivity index (χ4v) is 2.12. The number of hydrogen-bond acceptors (Lipinski definition) is 2. The minimum absolute atomic E-state index is 0.0287. The molecule has 0 saturated carbocycles. The lowest BCUT2D eigenvalue weighted by Gasteiger charge is -2.21. The van der Waals surface area contributed by atoms with Crippen molar-refractivity contribution < 1.29 is 31.5 Å². The van der Waals surface area contributed by atoms with Crippen molar-refractivity contribution in [2.45, 2.75) is 13.1 Å². The van der Waals surface area contributed by atoms with Crippen molar-refractivity contribution in [1.29, 1.82) is 0 Å². The third-order valence-corrected chi connectivity index (χ3v) is 3.39. The standard InChI is InChI=1S/C17H13F5N2O2/c1-10(25)24(13-6-7-14(18)15(19)8-13)9-16(26)23-12-4-2-11(3-5-12)17(20,21)22/h2-8H,9H2,1H3,(H,23,26). The van der Waals surface area contributed by atoms with E-state index in [1.54, 1.807) is 0 Å². The first-order chi connectivity index (χ1) is 12.1. The number of nitrogens with one attached hydrogen (secondary N) is 1. The highest BCUT2D eigenvalue weighted by Crippen LogP contribution is 2.29. The van der Waals surface area contributed by atoms with E-state index in [1.807, 2.05) is 0 Å². The Bertz CT molecular complexity index is 819. The van der Waals surface area contributed by atoms with Gasteiger partial charge in [0.1, 0.15) is 6.54 Å². The second-order valence-electron chi connectivity index (χ2n) is 5.33. The van der Waals surface area contributed by atoms with Crippen molar-refractivity contribution in [2.75, 3.05) is 16.8 Å². The SMILES string of the molecule is CC(=O)N(CC(=O)Nc1ccc(C(F)(F)F)cc1)c1ccc(F)c(F)c1. The monoisotopic (exact) mass is 372 g/mol. The van der Waals surface area contributed by atoms with E-state index in [4.69, 9.17) is 0 Å². The number of carbonyl (C=O) groups excluding carboxylic acids is 2. The van der Waals surface area contributed by atoms with Gasteiger partial charge in [-0.25, -0.2) is 8.78 Å². The average molecular weight is 372 g/mol. The predicted molar refractivity (Wildman–Crippen MR) is 84.5 cm³/mol. The maximum absolute atomic E-state index is 13.3. The zero-order chi connectivity index (χ0) is 19.5. The molecule has 0 spiro atoms. The van der Waals surface area contributed by atoms with Gasteiger partial charge in [-0.2, -0.15) is 13.2 Å². The molecule has 2 amide bonds. The van der Waals surface area contributed by atoms with Crippen molar-refractivity contribution >= 4 is 23.2 Å². The quantitative estimate of drug-likeness (QED) is 0.826. The summed E-state index contributed by atoms with van der Waals surface area (Å²) >= 11 is 0. The molecule has 0 heterocycles. The normalized spacial score (nSPS) is 11.2. The zero-order valence-corrected chi connectivity index (χ0v) is 13.4. The maximum Gasteiger partial charge on any atom is 0.416 e. The summed E-state index contributed by atoms with van der Waals surface area (Å²) in [5, 5.41) is 2.33. The molecular weight excluding hydrogens is 359 g/mol.